The lowest BCUT2D eigenvalue weighted by Gasteiger charge is -2.15. The average molecular weight is 409 g/mol. The number of benzene rings is 3. The molecule has 0 atom stereocenters. The van der Waals surface area contributed by atoms with Gasteiger partial charge in [-0.25, -0.2) is 4.98 Å². The monoisotopic (exact) mass is 409 g/mol. The Kier molecular flexibility index (Phi) is 5.89. The summed E-state index contributed by atoms with van der Waals surface area (Å²) in [6.45, 7) is 3.93. The molecule has 6 heteroatoms. The molecule has 0 aliphatic carbocycles. The van der Waals surface area contributed by atoms with Crippen molar-refractivity contribution in [2.24, 2.45) is 0 Å². The Morgan fingerprint density at radius 2 is 1.32 bits per heavy atom. The Morgan fingerprint density at radius 3 is 1.94 bits per heavy atom. The van der Waals surface area contributed by atoms with Crippen molar-refractivity contribution < 1.29 is 4.79 Å². The summed E-state index contributed by atoms with van der Waals surface area (Å²) in [6.07, 6.45) is 1.53. The molecule has 1 aromatic heterocycles. The van der Waals surface area contributed by atoms with Gasteiger partial charge in [0.25, 0.3) is 5.91 Å². The van der Waals surface area contributed by atoms with E-state index in [1.54, 1.807) is 0 Å². The van der Waals surface area contributed by atoms with Gasteiger partial charge in [0, 0.05) is 23.3 Å². The summed E-state index contributed by atoms with van der Waals surface area (Å²) in [5.41, 5.74) is 4.83. The lowest BCUT2D eigenvalue weighted by Crippen LogP contribution is -2.17. The normalized spacial score (nSPS) is 10.4. The van der Waals surface area contributed by atoms with Crippen LogP contribution in [0.25, 0.3) is 0 Å². The van der Waals surface area contributed by atoms with E-state index in [1.807, 2.05) is 92.7 Å². The Morgan fingerprint density at radius 1 is 0.742 bits per heavy atom. The molecule has 0 spiro atoms. The Bertz CT molecular complexity index is 1170. The van der Waals surface area contributed by atoms with Gasteiger partial charge in [0.1, 0.15) is 11.4 Å². The smallest absolute Gasteiger partial charge is 0.261 e. The number of hydrogen-bond acceptors (Lipinski definition) is 5. The van der Waals surface area contributed by atoms with Crippen molar-refractivity contribution in [2.75, 3.05) is 16.0 Å². The maximum atomic E-state index is 13.1. The first kappa shape index (κ1) is 20.1. The lowest BCUT2D eigenvalue weighted by molar-refractivity contribution is 0.102. The van der Waals surface area contributed by atoms with Gasteiger partial charge in [0.05, 0.1) is 0 Å². The molecule has 6 nitrogen and oxygen atoms in total. The minimum absolute atomic E-state index is 0.276. The maximum Gasteiger partial charge on any atom is 0.261 e. The average Bonchev–Trinajstić information content (AvgIpc) is 2.78. The van der Waals surface area contributed by atoms with Gasteiger partial charge < -0.3 is 16.0 Å². The van der Waals surface area contributed by atoms with E-state index in [-0.39, 0.29) is 5.91 Å². The molecule has 0 aliphatic heterocycles. The number of nitrogens with one attached hydrogen (secondary N) is 3. The van der Waals surface area contributed by atoms with Gasteiger partial charge in [-0.2, -0.15) is 4.98 Å². The number of aromatic nitrogens is 2. The highest BCUT2D eigenvalue weighted by Gasteiger charge is 2.17. The predicted octanol–water partition coefficient (Wildman–Crippen LogP) is 5.83. The summed E-state index contributed by atoms with van der Waals surface area (Å²) < 4.78 is 0. The highest BCUT2D eigenvalue weighted by Crippen LogP contribution is 2.25. The van der Waals surface area contributed by atoms with Crippen molar-refractivity contribution in [2.45, 2.75) is 13.8 Å². The first-order valence-corrected chi connectivity index (χ1v) is 9.99. The Labute approximate surface area is 181 Å². The van der Waals surface area contributed by atoms with Crippen molar-refractivity contribution in [3.63, 3.8) is 0 Å². The van der Waals surface area contributed by atoms with E-state index in [0.29, 0.717) is 17.3 Å². The van der Waals surface area contributed by atoms with Crippen molar-refractivity contribution in [3.05, 3.63) is 102 Å². The van der Waals surface area contributed by atoms with Crippen LogP contribution in [0.1, 0.15) is 21.5 Å². The van der Waals surface area contributed by atoms with Crippen LogP contribution in [-0.4, -0.2) is 15.9 Å². The molecule has 0 aliphatic rings. The van der Waals surface area contributed by atoms with Crippen LogP contribution in [0.2, 0.25) is 0 Å². The summed E-state index contributed by atoms with van der Waals surface area (Å²) in [6, 6.07) is 25.2. The third-order valence-electron chi connectivity index (χ3n) is 4.82. The fraction of sp³-hybridized carbons (Fsp3) is 0.0800. The molecule has 154 valence electrons. The van der Waals surface area contributed by atoms with Gasteiger partial charge in [-0.3, -0.25) is 4.79 Å². The summed E-state index contributed by atoms with van der Waals surface area (Å²) in [4.78, 5) is 22.1. The molecule has 0 saturated carbocycles. The largest absolute Gasteiger partial charge is 0.339 e. The van der Waals surface area contributed by atoms with Crippen LogP contribution in [0.5, 0.6) is 0 Å². The first-order chi connectivity index (χ1) is 15.1. The molecule has 4 aromatic rings. The van der Waals surface area contributed by atoms with Crippen LogP contribution in [-0.2, 0) is 0 Å². The molecule has 1 heterocycles. The van der Waals surface area contributed by atoms with Crippen molar-refractivity contribution >= 4 is 34.7 Å². The van der Waals surface area contributed by atoms with Gasteiger partial charge in [-0.05, 0) is 49.2 Å². The van der Waals surface area contributed by atoms with Crippen LogP contribution >= 0.6 is 0 Å². The number of nitrogens with zero attached hydrogens (tertiary/aromatic N) is 2. The van der Waals surface area contributed by atoms with Crippen LogP contribution in [0, 0.1) is 13.8 Å². The van der Waals surface area contributed by atoms with Gasteiger partial charge in [0.2, 0.25) is 5.95 Å². The van der Waals surface area contributed by atoms with Crippen molar-refractivity contribution in [1.82, 2.24) is 9.97 Å². The quantitative estimate of drug-likeness (QED) is 0.373. The van der Waals surface area contributed by atoms with E-state index in [4.69, 9.17) is 0 Å². The number of rotatable bonds is 6. The zero-order valence-electron chi connectivity index (χ0n) is 17.4. The predicted molar refractivity (Wildman–Crippen MR) is 125 cm³/mol. The van der Waals surface area contributed by atoms with Crippen LogP contribution in [0.3, 0.4) is 0 Å². The fourth-order valence-corrected chi connectivity index (χ4v) is 3.20. The van der Waals surface area contributed by atoms with Crippen LogP contribution < -0.4 is 16.0 Å². The maximum absolute atomic E-state index is 13.1. The van der Waals surface area contributed by atoms with Gasteiger partial charge >= 0.3 is 0 Å². The number of amides is 1. The van der Waals surface area contributed by atoms with Crippen LogP contribution in [0.15, 0.2) is 85.1 Å². The Hall–Kier alpha value is -4.19. The minimum Gasteiger partial charge on any atom is -0.339 e. The number of para-hydroxylation sites is 3. The number of carbonyl (C=O) groups excluding carboxylic acids is 1. The zero-order chi connectivity index (χ0) is 21.6. The summed E-state index contributed by atoms with van der Waals surface area (Å²) in [5.74, 6) is 0.540. The van der Waals surface area contributed by atoms with Crippen LogP contribution in [0.4, 0.5) is 28.8 Å². The van der Waals surface area contributed by atoms with E-state index in [9.17, 15) is 4.79 Å². The molecule has 0 radical (unpaired) electrons. The standard InChI is InChI=1S/C25H23N5O/c1-17-10-9-11-18(2)22(17)29-24(31)21-16-26-25(28-20-14-7-4-8-15-20)30-23(21)27-19-12-5-3-6-13-19/h3-16H,1-2H3,(H,29,31)(H2,26,27,28,30). The van der Waals surface area contributed by atoms with Crippen molar-refractivity contribution in [3.8, 4) is 0 Å². The molecule has 0 fully saturated rings. The molecular weight excluding hydrogens is 386 g/mol. The molecule has 3 aromatic carbocycles. The highest BCUT2D eigenvalue weighted by molar-refractivity contribution is 6.08. The molecule has 3 N–H and O–H groups in total. The van der Waals surface area contributed by atoms with E-state index in [2.05, 4.69) is 25.9 Å². The molecule has 4 rings (SSSR count). The molecule has 1 amide bonds. The molecule has 31 heavy (non-hydrogen) atoms. The summed E-state index contributed by atoms with van der Waals surface area (Å²) in [5, 5.41) is 9.42. The first-order valence-electron chi connectivity index (χ1n) is 9.99. The van der Waals surface area contributed by atoms with Gasteiger partial charge in [0.15, 0.2) is 0 Å². The lowest BCUT2D eigenvalue weighted by atomic mass is 10.1. The van der Waals surface area contributed by atoms with E-state index in [1.165, 1.54) is 6.20 Å². The fourth-order valence-electron chi connectivity index (χ4n) is 3.20. The third-order valence-corrected chi connectivity index (χ3v) is 4.82. The second-order valence-electron chi connectivity index (χ2n) is 7.16. The number of carbonyl (C=O) groups is 1. The topological polar surface area (TPSA) is 78.9 Å². The SMILES string of the molecule is Cc1cccc(C)c1NC(=O)c1cnc(Nc2ccccc2)nc1Nc1ccccc1. The van der Waals surface area contributed by atoms with E-state index >= 15 is 0 Å². The Balaban J connectivity index is 1.67. The summed E-state index contributed by atoms with van der Waals surface area (Å²) in [7, 11) is 0. The number of aryl methyl sites for hydroxylation is 2. The number of hydrogen-bond donors (Lipinski definition) is 3. The second-order valence-corrected chi connectivity index (χ2v) is 7.16. The number of anilines is 5. The minimum atomic E-state index is -0.276. The summed E-state index contributed by atoms with van der Waals surface area (Å²) >= 11 is 0. The van der Waals surface area contributed by atoms with E-state index in [0.717, 1.165) is 28.2 Å². The second kappa shape index (κ2) is 9.09. The molecule has 0 bridgehead atoms. The van der Waals surface area contributed by atoms with Gasteiger partial charge in [-0.15, -0.1) is 0 Å². The highest BCUT2D eigenvalue weighted by atomic mass is 16.1. The molecular formula is C25H23N5O. The molecule has 0 unspecified atom stereocenters. The van der Waals surface area contributed by atoms with Gasteiger partial charge in [-0.1, -0.05) is 54.6 Å². The van der Waals surface area contributed by atoms with E-state index < -0.39 is 0 Å². The molecule has 0 saturated heterocycles. The van der Waals surface area contributed by atoms with Crippen molar-refractivity contribution in [1.29, 1.82) is 0 Å². The zero-order valence-corrected chi connectivity index (χ0v) is 17.4. The third kappa shape index (κ3) is 4.87.